The minimum absolute atomic E-state index is 0.260. The molecule has 0 spiro atoms. The fourth-order valence-corrected chi connectivity index (χ4v) is 2.25. The zero-order valence-electron chi connectivity index (χ0n) is 12.2. The van der Waals surface area contributed by atoms with Gasteiger partial charge in [0.25, 0.3) is 0 Å². The topological polar surface area (TPSA) is 56.0 Å². The van der Waals surface area contributed by atoms with Crippen molar-refractivity contribution in [1.82, 2.24) is 5.32 Å². The van der Waals surface area contributed by atoms with Crippen LogP contribution in [0.15, 0.2) is 54.6 Å². The van der Waals surface area contributed by atoms with E-state index in [-0.39, 0.29) is 6.04 Å². The van der Waals surface area contributed by atoms with E-state index < -0.39 is 6.10 Å². The van der Waals surface area contributed by atoms with Gasteiger partial charge in [0.05, 0.1) is 17.7 Å². The van der Waals surface area contributed by atoms with Crippen molar-refractivity contribution in [2.45, 2.75) is 25.5 Å². The number of rotatable bonds is 6. The molecule has 3 nitrogen and oxygen atoms in total. The number of nitrogens with one attached hydrogen (secondary N) is 1. The van der Waals surface area contributed by atoms with Crippen LogP contribution >= 0.6 is 0 Å². The normalized spacial score (nSPS) is 13.4. The Kier molecular flexibility index (Phi) is 5.51. The zero-order valence-corrected chi connectivity index (χ0v) is 12.2. The largest absolute Gasteiger partial charge is 0.387 e. The van der Waals surface area contributed by atoms with Gasteiger partial charge in [-0.3, -0.25) is 0 Å². The van der Waals surface area contributed by atoms with Crippen LogP contribution in [0.2, 0.25) is 0 Å². The van der Waals surface area contributed by atoms with Gasteiger partial charge in [-0.05, 0) is 36.6 Å². The van der Waals surface area contributed by atoms with Gasteiger partial charge in [-0.2, -0.15) is 5.26 Å². The number of benzene rings is 2. The van der Waals surface area contributed by atoms with Crippen molar-refractivity contribution >= 4 is 0 Å². The lowest BCUT2D eigenvalue weighted by Gasteiger charge is -2.17. The van der Waals surface area contributed by atoms with Gasteiger partial charge in [0.15, 0.2) is 0 Å². The van der Waals surface area contributed by atoms with E-state index in [2.05, 4.69) is 18.3 Å². The molecule has 2 aromatic carbocycles. The van der Waals surface area contributed by atoms with Gasteiger partial charge >= 0.3 is 0 Å². The van der Waals surface area contributed by atoms with Crippen LogP contribution in [-0.4, -0.2) is 17.7 Å². The van der Waals surface area contributed by atoms with Crippen LogP contribution in [0.4, 0.5) is 0 Å². The molecule has 0 aromatic heterocycles. The lowest BCUT2D eigenvalue weighted by molar-refractivity contribution is 0.170. The van der Waals surface area contributed by atoms with Crippen molar-refractivity contribution in [2.75, 3.05) is 6.54 Å². The summed E-state index contributed by atoms with van der Waals surface area (Å²) in [4.78, 5) is 0. The second-order valence-corrected chi connectivity index (χ2v) is 5.25. The fourth-order valence-electron chi connectivity index (χ4n) is 2.25. The Morgan fingerprint density at radius 3 is 2.38 bits per heavy atom. The number of nitriles is 1. The molecule has 0 bridgehead atoms. The third kappa shape index (κ3) is 4.71. The van der Waals surface area contributed by atoms with E-state index in [1.54, 1.807) is 0 Å². The molecule has 0 aliphatic heterocycles. The highest BCUT2D eigenvalue weighted by atomic mass is 16.3. The molecule has 2 aromatic rings. The van der Waals surface area contributed by atoms with Gasteiger partial charge in [0.2, 0.25) is 0 Å². The first kappa shape index (κ1) is 15.2. The first-order valence-corrected chi connectivity index (χ1v) is 7.14. The number of aliphatic hydroxyl groups excluding tert-OH is 1. The quantitative estimate of drug-likeness (QED) is 0.855. The van der Waals surface area contributed by atoms with Crippen molar-refractivity contribution in [1.29, 1.82) is 5.26 Å². The van der Waals surface area contributed by atoms with Crippen molar-refractivity contribution in [3.8, 4) is 6.07 Å². The first-order valence-electron chi connectivity index (χ1n) is 7.14. The maximum atomic E-state index is 10.1. The third-order valence-electron chi connectivity index (χ3n) is 3.47. The van der Waals surface area contributed by atoms with Crippen LogP contribution < -0.4 is 5.32 Å². The molecular formula is C18H20N2O. The molecule has 0 heterocycles. The Labute approximate surface area is 125 Å². The Bertz CT molecular complexity index is 587. The lowest BCUT2D eigenvalue weighted by Crippen LogP contribution is -2.32. The molecule has 0 fully saturated rings. The summed E-state index contributed by atoms with van der Waals surface area (Å²) in [6, 6.07) is 19.7. The Morgan fingerprint density at radius 1 is 1.10 bits per heavy atom. The number of aliphatic hydroxyl groups is 1. The van der Waals surface area contributed by atoms with Crippen molar-refractivity contribution in [3.63, 3.8) is 0 Å². The van der Waals surface area contributed by atoms with Crippen LogP contribution in [0.1, 0.15) is 29.7 Å². The highest BCUT2D eigenvalue weighted by Crippen LogP contribution is 2.11. The highest BCUT2D eigenvalue weighted by Gasteiger charge is 2.09. The SMILES string of the molecule is CC(Cc1ccc(C#N)cc1)NCC(O)c1ccccc1. The minimum atomic E-state index is -0.491. The van der Waals surface area contributed by atoms with Gasteiger partial charge in [0, 0.05) is 12.6 Å². The van der Waals surface area contributed by atoms with E-state index in [0.29, 0.717) is 12.1 Å². The Morgan fingerprint density at radius 2 is 1.76 bits per heavy atom. The molecule has 108 valence electrons. The number of hydrogen-bond donors (Lipinski definition) is 2. The third-order valence-corrected chi connectivity index (χ3v) is 3.47. The zero-order chi connectivity index (χ0) is 15.1. The summed E-state index contributed by atoms with van der Waals surface area (Å²) in [5.74, 6) is 0. The van der Waals surface area contributed by atoms with Crippen molar-refractivity contribution < 1.29 is 5.11 Å². The highest BCUT2D eigenvalue weighted by molar-refractivity contribution is 5.31. The average Bonchev–Trinajstić information content (AvgIpc) is 2.54. The van der Waals surface area contributed by atoms with Crippen LogP contribution in [0.5, 0.6) is 0 Å². The van der Waals surface area contributed by atoms with Gasteiger partial charge in [0.1, 0.15) is 0 Å². The van der Waals surface area contributed by atoms with Crippen molar-refractivity contribution in [2.24, 2.45) is 0 Å². The van der Waals surface area contributed by atoms with E-state index in [1.807, 2.05) is 54.6 Å². The summed E-state index contributed by atoms with van der Waals surface area (Å²) in [6.45, 7) is 2.62. The predicted octanol–water partition coefficient (Wildman–Crippen LogP) is 2.81. The van der Waals surface area contributed by atoms with Crippen LogP contribution in [0, 0.1) is 11.3 Å². The standard InChI is InChI=1S/C18H20N2O/c1-14(11-15-7-9-16(12-19)10-8-15)20-13-18(21)17-5-3-2-4-6-17/h2-10,14,18,20-21H,11,13H2,1H3. The summed E-state index contributed by atoms with van der Waals surface area (Å²) < 4.78 is 0. The molecule has 0 radical (unpaired) electrons. The summed E-state index contributed by atoms with van der Waals surface area (Å²) in [5.41, 5.74) is 2.79. The molecule has 0 aliphatic carbocycles. The van der Waals surface area contributed by atoms with Gasteiger partial charge in [-0.1, -0.05) is 42.5 Å². The first-order chi connectivity index (χ1) is 10.2. The van der Waals surface area contributed by atoms with Crippen LogP contribution in [0.25, 0.3) is 0 Å². The van der Waals surface area contributed by atoms with Crippen molar-refractivity contribution in [3.05, 3.63) is 71.3 Å². The summed E-state index contributed by atoms with van der Waals surface area (Å²) in [7, 11) is 0. The molecule has 0 saturated heterocycles. The second kappa shape index (κ2) is 7.58. The molecule has 21 heavy (non-hydrogen) atoms. The number of nitrogens with zero attached hydrogens (tertiary/aromatic N) is 1. The monoisotopic (exact) mass is 280 g/mol. The molecule has 2 unspecified atom stereocenters. The van der Waals surface area contributed by atoms with Gasteiger partial charge in [-0.25, -0.2) is 0 Å². The van der Waals surface area contributed by atoms with E-state index in [1.165, 1.54) is 5.56 Å². The Balaban J connectivity index is 1.81. The predicted molar refractivity (Wildman–Crippen MR) is 83.7 cm³/mol. The molecule has 0 saturated carbocycles. The van der Waals surface area contributed by atoms with Crippen LogP contribution in [-0.2, 0) is 6.42 Å². The van der Waals surface area contributed by atoms with Crippen LogP contribution in [0.3, 0.4) is 0 Å². The average molecular weight is 280 g/mol. The van der Waals surface area contributed by atoms with E-state index in [4.69, 9.17) is 5.26 Å². The molecule has 0 amide bonds. The lowest BCUT2D eigenvalue weighted by atomic mass is 10.0. The second-order valence-electron chi connectivity index (χ2n) is 5.25. The maximum Gasteiger partial charge on any atom is 0.0991 e. The number of hydrogen-bond acceptors (Lipinski definition) is 3. The molecule has 2 N–H and O–H groups in total. The molecule has 2 atom stereocenters. The summed E-state index contributed by atoms with van der Waals surface area (Å²) in [6.07, 6.45) is 0.377. The van der Waals surface area contributed by atoms with E-state index in [9.17, 15) is 5.11 Å². The van der Waals surface area contributed by atoms with Gasteiger partial charge < -0.3 is 10.4 Å². The molecule has 0 aliphatic rings. The maximum absolute atomic E-state index is 10.1. The van der Waals surface area contributed by atoms with E-state index >= 15 is 0 Å². The summed E-state index contributed by atoms with van der Waals surface area (Å²) >= 11 is 0. The summed E-state index contributed by atoms with van der Waals surface area (Å²) in [5, 5.41) is 22.2. The minimum Gasteiger partial charge on any atom is -0.387 e. The molecule has 3 heteroatoms. The fraction of sp³-hybridized carbons (Fsp3) is 0.278. The van der Waals surface area contributed by atoms with E-state index in [0.717, 1.165) is 12.0 Å². The van der Waals surface area contributed by atoms with Gasteiger partial charge in [-0.15, -0.1) is 0 Å². The Hall–Kier alpha value is -2.15. The molecule has 2 rings (SSSR count). The smallest absolute Gasteiger partial charge is 0.0991 e. The molecular weight excluding hydrogens is 260 g/mol.